The van der Waals surface area contributed by atoms with E-state index < -0.39 is 5.97 Å². The molecule has 130 valence electrons. The summed E-state index contributed by atoms with van der Waals surface area (Å²) in [6.45, 7) is 4.02. The van der Waals surface area contributed by atoms with Gasteiger partial charge in [0.25, 0.3) is 11.8 Å². The number of furan rings is 1. The molecule has 0 saturated carbocycles. The molecule has 2 aromatic rings. The number of amides is 2. The van der Waals surface area contributed by atoms with Gasteiger partial charge in [0.15, 0.2) is 0 Å². The number of hydrogen-bond donors (Lipinski definition) is 0. The van der Waals surface area contributed by atoms with Gasteiger partial charge in [-0.1, -0.05) is 12.1 Å². The van der Waals surface area contributed by atoms with E-state index in [0.29, 0.717) is 47.6 Å². The Morgan fingerprint density at radius 2 is 1.72 bits per heavy atom. The molecule has 1 aromatic heterocycles. The van der Waals surface area contributed by atoms with Gasteiger partial charge in [-0.15, -0.1) is 0 Å². The second kappa shape index (κ2) is 6.93. The highest BCUT2D eigenvalue weighted by molar-refractivity contribution is 6.21. The lowest BCUT2D eigenvalue weighted by atomic mass is 10.1. The highest BCUT2D eigenvalue weighted by Gasteiger charge is 2.34. The van der Waals surface area contributed by atoms with Crippen LogP contribution in [0, 0.1) is 13.8 Å². The van der Waals surface area contributed by atoms with Crippen molar-refractivity contribution in [3.8, 4) is 0 Å². The number of hydrogen-bond acceptors (Lipinski definition) is 5. The number of rotatable bonds is 6. The zero-order valence-electron chi connectivity index (χ0n) is 14.2. The molecule has 6 nitrogen and oxygen atoms in total. The van der Waals surface area contributed by atoms with Crippen LogP contribution in [-0.4, -0.2) is 35.8 Å². The fourth-order valence-electron chi connectivity index (χ4n) is 2.89. The first kappa shape index (κ1) is 17.0. The van der Waals surface area contributed by atoms with Crippen LogP contribution in [0.4, 0.5) is 0 Å². The lowest BCUT2D eigenvalue weighted by molar-refractivity contribution is 0.0483. The Bertz CT molecular complexity index is 801. The minimum atomic E-state index is -0.421. The van der Waals surface area contributed by atoms with Crippen molar-refractivity contribution in [2.45, 2.75) is 26.7 Å². The van der Waals surface area contributed by atoms with Gasteiger partial charge in [0.05, 0.1) is 17.7 Å². The summed E-state index contributed by atoms with van der Waals surface area (Å²) >= 11 is 0. The standard InChI is InChI=1S/C19H19NO5/c1-12-11-16(13(2)25-12)19(23)24-10-6-5-9-20-17(21)14-7-3-4-8-15(14)18(20)22/h3-4,7-8,11H,5-6,9-10H2,1-2H3. The third-order valence-corrected chi connectivity index (χ3v) is 4.15. The van der Waals surface area contributed by atoms with Crippen LogP contribution in [-0.2, 0) is 4.74 Å². The zero-order valence-corrected chi connectivity index (χ0v) is 14.2. The Morgan fingerprint density at radius 1 is 1.08 bits per heavy atom. The number of unbranched alkanes of at least 4 members (excludes halogenated alkanes) is 1. The smallest absolute Gasteiger partial charge is 0.341 e. The van der Waals surface area contributed by atoms with E-state index in [1.807, 2.05) is 0 Å². The lowest BCUT2D eigenvalue weighted by Crippen LogP contribution is -2.30. The van der Waals surface area contributed by atoms with E-state index in [1.54, 1.807) is 44.2 Å². The number of benzene rings is 1. The van der Waals surface area contributed by atoms with Gasteiger partial charge in [-0.25, -0.2) is 4.79 Å². The van der Waals surface area contributed by atoms with Crippen molar-refractivity contribution in [1.82, 2.24) is 4.90 Å². The van der Waals surface area contributed by atoms with Gasteiger partial charge in [0, 0.05) is 6.54 Å². The number of nitrogens with zero attached hydrogens (tertiary/aromatic N) is 1. The predicted molar refractivity (Wildman–Crippen MR) is 89.5 cm³/mol. The molecule has 2 amide bonds. The Balaban J connectivity index is 1.45. The first-order valence-electron chi connectivity index (χ1n) is 8.18. The molecule has 1 aliphatic rings. The quantitative estimate of drug-likeness (QED) is 0.458. The number of fused-ring (bicyclic) bond motifs is 1. The molecule has 2 heterocycles. The monoisotopic (exact) mass is 341 g/mol. The molecule has 1 aromatic carbocycles. The zero-order chi connectivity index (χ0) is 18.0. The molecule has 0 unspecified atom stereocenters. The lowest BCUT2D eigenvalue weighted by Gasteiger charge is -2.13. The maximum atomic E-state index is 12.2. The summed E-state index contributed by atoms with van der Waals surface area (Å²) in [6, 6.07) is 8.45. The first-order valence-corrected chi connectivity index (χ1v) is 8.18. The van der Waals surface area contributed by atoms with Crippen LogP contribution < -0.4 is 0 Å². The number of carbonyl (C=O) groups is 3. The van der Waals surface area contributed by atoms with Crippen LogP contribution in [0.3, 0.4) is 0 Å². The second-order valence-electron chi connectivity index (χ2n) is 5.98. The molecule has 0 atom stereocenters. The van der Waals surface area contributed by atoms with E-state index in [4.69, 9.17) is 9.15 Å². The Morgan fingerprint density at radius 3 is 2.28 bits per heavy atom. The molecule has 0 N–H and O–H groups in total. The fraction of sp³-hybridized carbons (Fsp3) is 0.316. The molecule has 0 aliphatic carbocycles. The topological polar surface area (TPSA) is 76.8 Å². The van der Waals surface area contributed by atoms with E-state index in [9.17, 15) is 14.4 Å². The number of imide groups is 1. The molecule has 0 fully saturated rings. The van der Waals surface area contributed by atoms with Crippen molar-refractivity contribution in [3.05, 3.63) is 58.5 Å². The SMILES string of the molecule is Cc1cc(C(=O)OCCCCN2C(=O)c3ccccc3C2=O)c(C)o1. The summed E-state index contributed by atoms with van der Waals surface area (Å²) in [7, 11) is 0. The van der Waals surface area contributed by atoms with Gasteiger partial charge in [0.1, 0.15) is 17.1 Å². The van der Waals surface area contributed by atoms with E-state index in [0.717, 1.165) is 0 Å². The van der Waals surface area contributed by atoms with Crippen molar-refractivity contribution in [1.29, 1.82) is 0 Å². The fourth-order valence-corrected chi connectivity index (χ4v) is 2.89. The number of carbonyl (C=O) groups excluding carboxylic acids is 3. The van der Waals surface area contributed by atoms with Gasteiger partial charge >= 0.3 is 5.97 Å². The number of ether oxygens (including phenoxy) is 1. The van der Waals surface area contributed by atoms with Crippen molar-refractivity contribution >= 4 is 17.8 Å². The minimum absolute atomic E-state index is 0.228. The predicted octanol–water partition coefficient (Wildman–Crippen LogP) is 3.13. The summed E-state index contributed by atoms with van der Waals surface area (Å²) in [5.41, 5.74) is 1.33. The third-order valence-electron chi connectivity index (χ3n) is 4.15. The molecular formula is C19H19NO5. The molecule has 0 bridgehead atoms. The van der Waals surface area contributed by atoms with Gasteiger partial charge in [-0.3, -0.25) is 14.5 Å². The van der Waals surface area contributed by atoms with E-state index in [2.05, 4.69) is 0 Å². The highest BCUT2D eigenvalue weighted by Crippen LogP contribution is 2.22. The van der Waals surface area contributed by atoms with E-state index in [1.165, 1.54) is 4.90 Å². The Kier molecular flexibility index (Phi) is 4.70. The van der Waals surface area contributed by atoms with Crippen LogP contribution in [0.1, 0.15) is 55.4 Å². The number of esters is 1. The van der Waals surface area contributed by atoms with Gasteiger partial charge < -0.3 is 9.15 Å². The molecule has 25 heavy (non-hydrogen) atoms. The van der Waals surface area contributed by atoms with Crippen molar-refractivity contribution in [3.63, 3.8) is 0 Å². The van der Waals surface area contributed by atoms with Gasteiger partial charge in [-0.05, 0) is 44.9 Å². The maximum absolute atomic E-state index is 12.2. The van der Waals surface area contributed by atoms with Crippen LogP contribution in [0.2, 0.25) is 0 Å². The summed E-state index contributed by atoms with van der Waals surface area (Å²) in [4.78, 5) is 37.6. The van der Waals surface area contributed by atoms with Crippen LogP contribution in [0.25, 0.3) is 0 Å². The molecule has 0 spiro atoms. The summed E-state index contributed by atoms with van der Waals surface area (Å²) in [5.74, 6) is 0.253. The molecule has 6 heteroatoms. The van der Waals surface area contributed by atoms with Crippen molar-refractivity contribution in [2.24, 2.45) is 0 Å². The molecule has 0 saturated heterocycles. The average Bonchev–Trinajstić information content (AvgIpc) is 3.06. The van der Waals surface area contributed by atoms with Crippen molar-refractivity contribution in [2.75, 3.05) is 13.2 Å². The molecular weight excluding hydrogens is 322 g/mol. The summed E-state index contributed by atoms with van der Waals surface area (Å²) in [6.07, 6.45) is 1.14. The van der Waals surface area contributed by atoms with Crippen molar-refractivity contribution < 1.29 is 23.5 Å². The largest absolute Gasteiger partial charge is 0.466 e. The average molecular weight is 341 g/mol. The third kappa shape index (κ3) is 3.33. The van der Waals surface area contributed by atoms with Gasteiger partial charge in [-0.2, -0.15) is 0 Å². The maximum Gasteiger partial charge on any atom is 0.341 e. The first-order chi connectivity index (χ1) is 12.0. The van der Waals surface area contributed by atoms with Crippen LogP contribution in [0.5, 0.6) is 0 Å². The second-order valence-corrected chi connectivity index (χ2v) is 5.98. The summed E-state index contributed by atoms with van der Waals surface area (Å²) < 4.78 is 10.5. The summed E-state index contributed by atoms with van der Waals surface area (Å²) in [5, 5.41) is 0. The Hall–Kier alpha value is -2.89. The van der Waals surface area contributed by atoms with Crippen LogP contribution >= 0.6 is 0 Å². The molecule has 0 radical (unpaired) electrons. The van der Waals surface area contributed by atoms with Gasteiger partial charge in [0.2, 0.25) is 0 Å². The number of aryl methyl sites for hydroxylation is 2. The van der Waals surface area contributed by atoms with E-state index >= 15 is 0 Å². The molecule has 3 rings (SSSR count). The van der Waals surface area contributed by atoms with E-state index in [-0.39, 0.29) is 18.4 Å². The Labute approximate surface area is 145 Å². The minimum Gasteiger partial charge on any atom is -0.466 e. The highest BCUT2D eigenvalue weighted by atomic mass is 16.5. The van der Waals surface area contributed by atoms with Crippen LogP contribution in [0.15, 0.2) is 34.7 Å². The normalized spacial score (nSPS) is 13.3. The molecule has 1 aliphatic heterocycles.